The molecule has 0 saturated heterocycles. The lowest BCUT2D eigenvalue weighted by atomic mass is 10.2. The van der Waals surface area contributed by atoms with Gasteiger partial charge in [0.1, 0.15) is 0 Å². The SMILES string of the molecule is S=c1[nH]nc(-c2ccccc2)n1CCc1cscn1. The molecule has 0 radical (unpaired) electrons. The second-order valence-corrected chi connectivity index (χ2v) is 5.21. The maximum Gasteiger partial charge on any atom is 0.195 e. The highest BCUT2D eigenvalue weighted by atomic mass is 32.1. The van der Waals surface area contributed by atoms with Crippen LogP contribution < -0.4 is 0 Å². The third-order valence-corrected chi connectivity index (χ3v) is 3.81. The van der Waals surface area contributed by atoms with Gasteiger partial charge in [-0.05, 0) is 12.2 Å². The molecule has 0 atom stereocenters. The zero-order chi connectivity index (χ0) is 13.1. The largest absolute Gasteiger partial charge is 0.300 e. The predicted molar refractivity (Wildman–Crippen MR) is 78.7 cm³/mol. The van der Waals surface area contributed by atoms with Crippen molar-refractivity contribution in [2.45, 2.75) is 13.0 Å². The van der Waals surface area contributed by atoms with Gasteiger partial charge in [0.2, 0.25) is 0 Å². The lowest BCUT2D eigenvalue weighted by Gasteiger charge is -2.05. The van der Waals surface area contributed by atoms with Crippen LogP contribution in [0.3, 0.4) is 0 Å². The zero-order valence-electron chi connectivity index (χ0n) is 10.1. The van der Waals surface area contributed by atoms with Crippen LogP contribution in [0.4, 0.5) is 0 Å². The molecule has 0 saturated carbocycles. The summed E-state index contributed by atoms with van der Waals surface area (Å²) in [6, 6.07) is 10.1. The molecule has 96 valence electrons. The Kier molecular flexibility index (Phi) is 3.52. The lowest BCUT2D eigenvalue weighted by Crippen LogP contribution is -2.04. The molecule has 0 fully saturated rings. The van der Waals surface area contributed by atoms with Crippen LogP contribution >= 0.6 is 23.6 Å². The average Bonchev–Trinajstić information content (AvgIpc) is 3.07. The summed E-state index contributed by atoms with van der Waals surface area (Å²) >= 11 is 6.91. The fourth-order valence-corrected chi connectivity index (χ4v) is 2.74. The van der Waals surface area contributed by atoms with E-state index in [1.807, 2.05) is 40.4 Å². The maximum atomic E-state index is 5.29. The van der Waals surface area contributed by atoms with Crippen LogP contribution in [-0.2, 0) is 13.0 Å². The van der Waals surface area contributed by atoms with Crippen molar-refractivity contribution in [2.24, 2.45) is 0 Å². The minimum atomic E-state index is 0.647. The molecule has 6 heteroatoms. The van der Waals surface area contributed by atoms with E-state index in [9.17, 15) is 0 Å². The molecule has 1 aromatic carbocycles. The summed E-state index contributed by atoms with van der Waals surface area (Å²) < 4.78 is 2.67. The first-order valence-corrected chi connectivity index (χ1v) is 7.27. The Balaban J connectivity index is 1.89. The van der Waals surface area contributed by atoms with Gasteiger partial charge in [0, 0.05) is 23.9 Å². The van der Waals surface area contributed by atoms with E-state index in [0.29, 0.717) is 4.77 Å². The van der Waals surface area contributed by atoms with Crippen molar-refractivity contribution in [1.82, 2.24) is 19.7 Å². The number of hydrogen-bond donors (Lipinski definition) is 1. The Bertz CT molecular complexity index is 698. The Hall–Kier alpha value is -1.79. The molecule has 0 unspecified atom stereocenters. The quantitative estimate of drug-likeness (QED) is 0.749. The molecular weight excluding hydrogens is 276 g/mol. The van der Waals surface area contributed by atoms with Crippen molar-refractivity contribution in [3.63, 3.8) is 0 Å². The molecule has 0 amide bonds. The van der Waals surface area contributed by atoms with Crippen molar-refractivity contribution >= 4 is 23.6 Å². The number of aromatic amines is 1. The molecule has 19 heavy (non-hydrogen) atoms. The second kappa shape index (κ2) is 5.46. The fourth-order valence-electron chi connectivity index (χ4n) is 1.92. The van der Waals surface area contributed by atoms with Crippen molar-refractivity contribution in [1.29, 1.82) is 0 Å². The number of benzene rings is 1. The van der Waals surface area contributed by atoms with Crippen LogP contribution in [0.25, 0.3) is 11.4 Å². The molecule has 2 aromatic heterocycles. The molecule has 3 rings (SSSR count). The predicted octanol–water partition coefficient (Wildman–Crippen LogP) is 3.31. The number of nitrogens with zero attached hydrogens (tertiary/aromatic N) is 3. The second-order valence-electron chi connectivity index (χ2n) is 4.10. The van der Waals surface area contributed by atoms with Gasteiger partial charge >= 0.3 is 0 Å². The van der Waals surface area contributed by atoms with Crippen molar-refractivity contribution < 1.29 is 0 Å². The standard InChI is InChI=1S/C13H12N4S2/c18-13-16-15-12(10-4-2-1-3-5-10)17(13)7-6-11-8-19-9-14-11/h1-5,8-9H,6-7H2,(H,16,18). The minimum absolute atomic E-state index is 0.647. The first-order chi connectivity index (χ1) is 9.34. The molecule has 4 nitrogen and oxygen atoms in total. The monoisotopic (exact) mass is 288 g/mol. The van der Waals surface area contributed by atoms with Gasteiger partial charge in [-0.3, -0.25) is 9.67 Å². The smallest absolute Gasteiger partial charge is 0.195 e. The molecule has 0 aliphatic carbocycles. The first-order valence-electron chi connectivity index (χ1n) is 5.92. The van der Waals surface area contributed by atoms with Crippen LogP contribution in [0.2, 0.25) is 0 Å². The number of H-pyrrole nitrogens is 1. The minimum Gasteiger partial charge on any atom is -0.300 e. The van der Waals surface area contributed by atoms with Crippen LogP contribution in [0.1, 0.15) is 5.69 Å². The lowest BCUT2D eigenvalue weighted by molar-refractivity contribution is 0.683. The zero-order valence-corrected chi connectivity index (χ0v) is 11.7. The van der Waals surface area contributed by atoms with Gasteiger partial charge in [0.05, 0.1) is 11.2 Å². The molecule has 3 aromatic rings. The van der Waals surface area contributed by atoms with Crippen molar-refractivity contribution in [2.75, 3.05) is 0 Å². The first kappa shape index (κ1) is 12.3. The van der Waals surface area contributed by atoms with E-state index in [2.05, 4.69) is 20.6 Å². The van der Waals surface area contributed by atoms with Gasteiger partial charge in [-0.15, -0.1) is 11.3 Å². The number of aromatic nitrogens is 4. The van der Waals surface area contributed by atoms with Gasteiger partial charge in [0.15, 0.2) is 10.6 Å². The average molecular weight is 288 g/mol. The van der Waals surface area contributed by atoms with Crippen LogP contribution in [-0.4, -0.2) is 19.7 Å². The Morgan fingerprint density at radius 1 is 1.26 bits per heavy atom. The van der Waals surface area contributed by atoms with E-state index >= 15 is 0 Å². The Labute approximate surface area is 119 Å². The van der Waals surface area contributed by atoms with E-state index in [1.165, 1.54) is 0 Å². The Morgan fingerprint density at radius 3 is 2.84 bits per heavy atom. The molecule has 0 bridgehead atoms. The van der Waals surface area contributed by atoms with Gasteiger partial charge in [-0.2, -0.15) is 5.10 Å². The highest BCUT2D eigenvalue weighted by molar-refractivity contribution is 7.71. The van der Waals surface area contributed by atoms with Crippen molar-refractivity contribution in [3.8, 4) is 11.4 Å². The van der Waals surface area contributed by atoms with Crippen LogP contribution in [0.5, 0.6) is 0 Å². The van der Waals surface area contributed by atoms with Gasteiger partial charge in [-0.1, -0.05) is 30.3 Å². The van der Waals surface area contributed by atoms with Crippen molar-refractivity contribution in [3.05, 3.63) is 51.7 Å². The van der Waals surface area contributed by atoms with E-state index in [4.69, 9.17) is 12.2 Å². The third kappa shape index (κ3) is 2.64. The number of hydrogen-bond acceptors (Lipinski definition) is 4. The van der Waals surface area contributed by atoms with Gasteiger partial charge < -0.3 is 0 Å². The van der Waals surface area contributed by atoms with Crippen LogP contribution in [0.15, 0.2) is 41.2 Å². The number of nitrogens with one attached hydrogen (secondary N) is 1. The number of rotatable bonds is 4. The topological polar surface area (TPSA) is 46.5 Å². The van der Waals surface area contributed by atoms with E-state index < -0.39 is 0 Å². The van der Waals surface area contributed by atoms with E-state index in [1.54, 1.807) is 11.3 Å². The number of aryl methyl sites for hydroxylation is 1. The summed E-state index contributed by atoms with van der Waals surface area (Å²) in [5.74, 6) is 0.876. The van der Waals surface area contributed by atoms with Crippen LogP contribution in [0, 0.1) is 4.77 Å². The van der Waals surface area contributed by atoms with E-state index in [0.717, 1.165) is 30.0 Å². The highest BCUT2D eigenvalue weighted by Crippen LogP contribution is 2.17. The molecule has 1 N–H and O–H groups in total. The molecule has 0 spiro atoms. The molecule has 0 aliphatic rings. The molecule has 0 aliphatic heterocycles. The Morgan fingerprint density at radius 2 is 2.11 bits per heavy atom. The highest BCUT2D eigenvalue weighted by Gasteiger charge is 2.08. The van der Waals surface area contributed by atoms with Gasteiger partial charge in [0.25, 0.3) is 0 Å². The fraction of sp³-hybridized carbons (Fsp3) is 0.154. The molecule has 2 heterocycles. The van der Waals surface area contributed by atoms with Gasteiger partial charge in [-0.25, -0.2) is 4.98 Å². The third-order valence-electron chi connectivity index (χ3n) is 2.87. The summed E-state index contributed by atoms with van der Waals surface area (Å²) in [4.78, 5) is 4.29. The molecular formula is C13H12N4S2. The summed E-state index contributed by atoms with van der Waals surface area (Å²) in [6.07, 6.45) is 0.858. The summed E-state index contributed by atoms with van der Waals surface area (Å²) in [5, 5.41) is 9.24. The summed E-state index contributed by atoms with van der Waals surface area (Å²) in [5.41, 5.74) is 4.00. The summed E-state index contributed by atoms with van der Waals surface area (Å²) in [7, 11) is 0. The maximum absolute atomic E-state index is 5.29. The number of thiazole rings is 1. The van der Waals surface area contributed by atoms with E-state index in [-0.39, 0.29) is 0 Å². The summed E-state index contributed by atoms with van der Waals surface area (Å²) in [6.45, 7) is 0.781. The normalized spacial score (nSPS) is 10.7.